The monoisotopic (exact) mass is 316 g/mol. The highest BCUT2D eigenvalue weighted by molar-refractivity contribution is 5.76. The molecule has 2 atom stereocenters. The summed E-state index contributed by atoms with van der Waals surface area (Å²) in [5.74, 6) is 2.95. The highest BCUT2D eigenvalue weighted by atomic mass is 16.2. The highest BCUT2D eigenvalue weighted by Crippen LogP contribution is 2.34. The first-order valence-electron chi connectivity index (χ1n) is 9.18. The molecule has 1 aliphatic carbocycles. The SMILES string of the molecule is Cc1nccn1CCC(=O)N1C[C@H]2CC[C@@H](C1)N(CC1CC1)C2. The molecular formula is C18H28N4O. The molecule has 126 valence electrons. The molecule has 0 N–H and O–H groups in total. The summed E-state index contributed by atoms with van der Waals surface area (Å²) in [6.07, 6.45) is 9.78. The number of piperidine rings is 1. The fraction of sp³-hybridized carbons (Fsp3) is 0.778. The third-order valence-electron chi connectivity index (χ3n) is 5.86. The highest BCUT2D eigenvalue weighted by Gasteiger charge is 2.38. The number of carbonyl (C=O) groups excluding carboxylic acids is 1. The topological polar surface area (TPSA) is 41.4 Å². The molecule has 5 nitrogen and oxygen atoms in total. The molecule has 2 bridgehead atoms. The van der Waals surface area contributed by atoms with E-state index in [9.17, 15) is 4.79 Å². The molecule has 3 saturated heterocycles. The van der Waals surface area contributed by atoms with Gasteiger partial charge in [0, 0.05) is 57.6 Å². The summed E-state index contributed by atoms with van der Waals surface area (Å²) in [5.41, 5.74) is 0. The smallest absolute Gasteiger partial charge is 0.224 e. The number of nitrogens with zero attached hydrogens (tertiary/aromatic N) is 4. The molecule has 1 saturated carbocycles. The van der Waals surface area contributed by atoms with Gasteiger partial charge in [-0.05, 0) is 44.4 Å². The van der Waals surface area contributed by atoms with Gasteiger partial charge in [0.1, 0.15) is 5.82 Å². The molecule has 0 radical (unpaired) electrons. The molecular weight excluding hydrogens is 288 g/mol. The lowest BCUT2D eigenvalue weighted by Gasteiger charge is -2.36. The summed E-state index contributed by atoms with van der Waals surface area (Å²) in [5, 5.41) is 0. The van der Waals surface area contributed by atoms with E-state index >= 15 is 0 Å². The predicted molar refractivity (Wildman–Crippen MR) is 89.0 cm³/mol. The number of carbonyl (C=O) groups is 1. The first-order valence-corrected chi connectivity index (χ1v) is 9.18. The van der Waals surface area contributed by atoms with Gasteiger partial charge in [-0.25, -0.2) is 4.98 Å². The summed E-state index contributed by atoms with van der Waals surface area (Å²) >= 11 is 0. The lowest BCUT2D eigenvalue weighted by Crippen LogP contribution is -2.45. The Morgan fingerprint density at radius 1 is 1.22 bits per heavy atom. The molecule has 0 aromatic carbocycles. The summed E-state index contributed by atoms with van der Waals surface area (Å²) in [6, 6.07) is 0.605. The standard InChI is InChI=1S/C18H28N4O/c1-14-19-7-9-20(14)8-6-18(23)22-12-16-4-5-17(13-22)21(11-16)10-15-2-3-15/h7,9,15-17H,2-6,8,10-13H2,1H3/t16-,17-/m0/s1. The predicted octanol–water partition coefficient (Wildman–Crippen LogP) is 1.91. The number of hydrogen-bond donors (Lipinski definition) is 0. The second-order valence-corrected chi connectivity index (χ2v) is 7.71. The van der Waals surface area contributed by atoms with Crippen molar-refractivity contribution < 1.29 is 4.79 Å². The minimum absolute atomic E-state index is 0.322. The van der Waals surface area contributed by atoms with Crippen molar-refractivity contribution in [2.45, 2.75) is 51.6 Å². The molecule has 0 unspecified atom stereocenters. The maximum absolute atomic E-state index is 12.7. The Hall–Kier alpha value is -1.36. The molecule has 1 aromatic rings. The molecule has 23 heavy (non-hydrogen) atoms. The first-order chi connectivity index (χ1) is 11.2. The van der Waals surface area contributed by atoms with Gasteiger partial charge < -0.3 is 9.47 Å². The third-order valence-corrected chi connectivity index (χ3v) is 5.86. The van der Waals surface area contributed by atoms with E-state index < -0.39 is 0 Å². The van der Waals surface area contributed by atoms with E-state index in [4.69, 9.17) is 0 Å². The second kappa shape index (κ2) is 6.27. The number of fused-ring (bicyclic) bond motifs is 4. The van der Waals surface area contributed by atoms with Crippen LogP contribution in [0.25, 0.3) is 0 Å². The Morgan fingerprint density at radius 2 is 2.09 bits per heavy atom. The van der Waals surface area contributed by atoms with Crippen LogP contribution < -0.4 is 0 Å². The van der Waals surface area contributed by atoms with Crippen LogP contribution in [0.5, 0.6) is 0 Å². The fourth-order valence-electron chi connectivity index (χ4n) is 4.25. The molecule has 1 aromatic heterocycles. The molecule has 4 aliphatic rings. The van der Waals surface area contributed by atoms with Crippen LogP contribution in [0.1, 0.15) is 37.9 Å². The molecule has 0 spiro atoms. The van der Waals surface area contributed by atoms with Crippen molar-refractivity contribution in [2.24, 2.45) is 11.8 Å². The van der Waals surface area contributed by atoms with Gasteiger partial charge in [0.25, 0.3) is 0 Å². The third kappa shape index (κ3) is 3.44. The number of aromatic nitrogens is 2. The van der Waals surface area contributed by atoms with Crippen molar-refractivity contribution in [2.75, 3.05) is 26.2 Å². The summed E-state index contributed by atoms with van der Waals surface area (Å²) in [6.45, 7) is 7.15. The van der Waals surface area contributed by atoms with E-state index in [1.165, 1.54) is 38.8 Å². The van der Waals surface area contributed by atoms with Crippen molar-refractivity contribution in [3.63, 3.8) is 0 Å². The minimum Gasteiger partial charge on any atom is -0.341 e. The van der Waals surface area contributed by atoms with Crippen LogP contribution in [-0.2, 0) is 11.3 Å². The van der Waals surface area contributed by atoms with Crippen LogP contribution >= 0.6 is 0 Å². The summed E-state index contributed by atoms with van der Waals surface area (Å²) < 4.78 is 2.07. The summed E-state index contributed by atoms with van der Waals surface area (Å²) in [4.78, 5) is 21.8. The number of amides is 1. The largest absolute Gasteiger partial charge is 0.341 e. The van der Waals surface area contributed by atoms with Crippen molar-refractivity contribution in [1.29, 1.82) is 0 Å². The lowest BCUT2D eigenvalue weighted by atomic mass is 9.95. The van der Waals surface area contributed by atoms with E-state index in [2.05, 4.69) is 19.4 Å². The van der Waals surface area contributed by atoms with Gasteiger partial charge in [-0.15, -0.1) is 0 Å². The van der Waals surface area contributed by atoms with Gasteiger partial charge in [0.05, 0.1) is 0 Å². The Kier molecular flexibility index (Phi) is 4.14. The van der Waals surface area contributed by atoms with Crippen molar-refractivity contribution in [3.8, 4) is 0 Å². The van der Waals surface area contributed by atoms with Gasteiger partial charge in [-0.1, -0.05) is 0 Å². The van der Waals surface area contributed by atoms with E-state index in [0.29, 0.717) is 24.3 Å². The molecule has 5 rings (SSSR count). The van der Waals surface area contributed by atoms with Gasteiger partial charge in [0.2, 0.25) is 5.91 Å². The maximum atomic E-state index is 12.7. The summed E-state index contributed by atoms with van der Waals surface area (Å²) in [7, 11) is 0. The van der Waals surface area contributed by atoms with Crippen molar-refractivity contribution in [3.05, 3.63) is 18.2 Å². The number of imidazole rings is 1. The van der Waals surface area contributed by atoms with Gasteiger partial charge in [-0.3, -0.25) is 9.69 Å². The zero-order valence-corrected chi connectivity index (χ0v) is 14.2. The second-order valence-electron chi connectivity index (χ2n) is 7.71. The normalized spacial score (nSPS) is 28.1. The van der Waals surface area contributed by atoms with Gasteiger partial charge in [-0.2, -0.15) is 0 Å². The van der Waals surface area contributed by atoms with E-state index in [-0.39, 0.29) is 0 Å². The van der Waals surface area contributed by atoms with E-state index in [1.807, 2.05) is 19.3 Å². The van der Waals surface area contributed by atoms with E-state index in [1.54, 1.807) is 0 Å². The van der Waals surface area contributed by atoms with Crippen LogP contribution in [0.3, 0.4) is 0 Å². The number of hydrogen-bond acceptors (Lipinski definition) is 3. The van der Waals surface area contributed by atoms with Crippen LogP contribution in [0.4, 0.5) is 0 Å². The Balaban J connectivity index is 1.35. The zero-order valence-electron chi connectivity index (χ0n) is 14.2. The Bertz CT molecular complexity index is 565. The lowest BCUT2D eigenvalue weighted by molar-refractivity contribution is -0.131. The van der Waals surface area contributed by atoms with Crippen LogP contribution in [0.2, 0.25) is 0 Å². The van der Waals surface area contributed by atoms with Crippen LogP contribution in [-0.4, -0.2) is 57.5 Å². The van der Waals surface area contributed by atoms with Crippen LogP contribution in [0, 0.1) is 18.8 Å². The maximum Gasteiger partial charge on any atom is 0.224 e. The zero-order chi connectivity index (χ0) is 15.8. The van der Waals surface area contributed by atoms with Crippen LogP contribution in [0.15, 0.2) is 12.4 Å². The van der Waals surface area contributed by atoms with Gasteiger partial charge in [0.15, 0.2) is 0 Å². The van der Waals surface area contributed by atoms with Crippen molar-refractivity contribution >= 4 is 5.91 Å². The van der Waals surface area contributed by atoms with E-state index in [0.717, 1.165) is 31.4 Å². The van der Waals surface area contributed by atoms with Gasteiger partial charge >= 0.3 is 0 Å². The number of rotatable bonds is 5. The molecule has 4 fully saturated rings. The molecule has 5 heteroatoms. The Labute approximate surface area is 138 Å². The Morgan fingerprint density at radius 3 is 2.83 bits per heavy atom. The molecule has 3 aliphatic heterocycles. The first kappa shape index (κ1) is 15.2. The fourth-order valence-corrected chi connectivity index (χ4v) is 4.25. The quantitative estimate of drug-likeness (QED) is 0.833. The average Bonchev–Trinajstić information content (AvgIpc) is 3.32. The molecule has 1 amide bonds. The number of aryl methyl sites for hydroxylation is 2. The minimum atomic E-state index is 0.322. The molecule has 4 heterocycles. The van der Waals surface area contributed by atoms with Crippen molar-refractivity contribution in [1.82, 2.24) is 19.4 Å². The average molecular weight is 316 g/mol.